The van der Waals surface area contributed by atoms with Crippen molar-refractivity contribution in [3.8, 4) is 11.5 Å². The summed E-state index contributed by atoms with van der Waals surface area (Å²) < 4.78 is 17.3. The first-order chi connectivity index (χ1) is 10.8. The molecule has 1 amide bonds. The molecule has 0 saturated carbocycles. The van der Waals surface area contributed by atoms with Gasteiger partial charge in [0.15, 0.2) is 11.5 Å². The van der Waals surface area contributed by atoms with Crippen molar-refractivity contribution < 1.29 is 19.0 Å². The van der Waals surface area contributed by atoms with E-state index < -0.39 is 6.10 Å². The Bertz CT molecular complexity index is 563. The Morgan fingerprint density at radius 3 is 2.73 bits per heavy atom. The zero-order chi connectivity index (χ0) is 15.0. The van der Waals surface area contributed by atoms with Gasteiger partial charge in [0.1, 0.15) is 11.5 Å². The van der Waals surface area contributed by atoms with Gasteiger partial charge < -0.3 is 19.1 Å². The van der Waals surface area contributed by atoms with Gasteiger partial charge in [0.2, 0.25) is 6.10 Å². The first-order valence-electron chi connectivity index (χ1n) is 7.71. The molecule has 3 heterocycles. The maximum atomic E-state index is 12.6. The lowest BCUT2D eigenvalue weighted by Gasteiger charge is -2.39. The number of benzene rings is 1. The molecular formula is C16H19NO4S. The SMILES string of the molecule is O=C(C1COc2ccccc2O1)N1CCC2(CC1)OCCS2. The van der Waals surface area contributed by atoms with Gasteiger partial charge in [-0.2, -0.15) is 0 Å². The Balaban J connectivity index is 1.39. The smallest absolute Gasteiger partial charge is 0.267 e. The van der Waals surface area contributed by atoms with Gasteiger partial charge in [-0.25, -0.2) is 0 Å². The number of para-hydroxylation sites is 2. The summed E-state index contributed by atoms with van der Waals surface area (Å²) in [5.41, 5.74) is 0. The first kappa shape index (κ1) is 14.2. The van der Waals surface area contributed by atoms with Gasteiger partial charge in [-0.3, -0.25) is 4.79 Å². The number of fused-ring (bicyclic) bond motifs is 1. The van der Waals surface area contributed by atoms with E-state index in [0.717, 1.165) is 38.3 Å². The molecule has 1 spiro atoms. The van der Waals surface area contributed by atoms with E-state index in [0.29, 0.717) is 11.5 Å². The Labute approximate surface area is 133 Å². The predicted octanol–water partition coefficient (Wildman–Crippen LogP) is 1.91. The monoisotopic (exact) mass is 321 g/mol. The third-order valence-corrected chi connectivity index (χ3v) is 5.86. The second kappa shape index (κ2) is 5.66. The molecule has 1 unspecified atom stereocenters. The van der Waals surface area contributed by atoms with Gasteiger partial charge in [-0.1, -0.05) is 12.1 Å². The number of hydrogen-bond donors (Lipinski definition) is 0. The van der Waals surface area contributed by atoms with Gasteiger partial charge in [-0.15, -0.1) is 11.8 Å². The second-order valence-corrected chi connectivity index (χ2v) is 7.24. The fourth-order valence-corrected chi connectivity index (χ4v) is 4.37. The van der Waals surface area contributed by atoms with Gasteiger partial charge in [0.05, 0.1) is 6.61 Å². The molecule has 1 aromatic rings. The fourth-order valence-electron chi connectivity index (χ4n) is 3.20. The van der Waals surface area contributed by atoms with Crippen LogP contribution in [0.4, 0.5) is 0 Å². The van der Waals surface area contributed by atoms with E-state index in [2.05, 4.69) is 0 Å². The molecule has 0 bridgehead atoms. The number of hydrogen-bond acceptors (Lipinski definition) is 5. The lowest BCUT2D eigenvalue weighted by molar-refractivity contribution is -0.144. The highest BCUT2D eigenvalue weighted by molar-refractivity contribution is 8.00. The highest BCUT2D eigenvalue weighted by Crippen LogP contribution is 2.41. The molecule has 3 aliphatic rings. The van der Waals surface area contributed by atoms with Crippen LogP contribution in [0.1, 0.15) is 12.8 Å². The van der Waals surface area contributed by atoms with Crippen LogP contribution < -0.4 is 9.47 Å². The maximum absolute atomic E-state index is 12.6. The van der Waals surface area contributed by atoms with Crippen molar-refractivity contribution in [1.29, 1.82) is 0 Å². The molecule has 22 heavy (non-hydrogen) atoms. The van der Waals surface area contributed by atoms with Crippen molar-refractivity contribution in [2.24, 2.45) is 0 Å². The Morgan fingerprint density at radius 1 is 1.23 bits per heavy atom. The van der Waals surface area contributed by atoms with E-state index >= 15 is 0 Å². The molecule has 6 heteroatoms. The zero-order valence-electron chi connectivity index (χ0n) is 12.3. The van der Waals surface area contributed by atoms with E-state index in [1.165, 1.54) is 0 Å². The molecule has 1 atom stereocenters. The van der Waals surface area contributed by atoms with Crippen LogP contribution in [0, 0.1) is 0 Å². The van der Waals surface area contributed by atoms with Gasteiger partial charge in [-0.05, 0) is 12.1 Å². The van der Waals surface area contributed by atoms with Crippen LogP contribution in [0.2, 0.25) is 0 Å². The minimum atomic E-state index is -0.541. The van der Waals surface area contributed by atoms with Crippen LogP contribution >= 0.6 is 11.8 Å². The molecular weight excluding hydrogens is 302 g/mol. The lowest BCUT2D eigenvalue weighted by Crippen LogP contribution is -2.51. The standard InChI is InChI=1S/C16H19NO4S/c18-15(14-11-19-12-3-1-2-4-13(12)21-14)17-7-5-16(6-8-17)20-9-10-22-16/h1-4,14H,5-11H2. The van der Waals surface area contributed by atoms with Crippen molar-refractivity contribution in [1.82, 2.24) is 4.90 Å². The van der Waals surface area contributed by atoms with Crippen molar-refractivity contribution in [2.75, 3.05) is 32.1 Å². The summed E-state index contributed by atoms with van der Waals surface area (Å²) in [6.07, 6.45) is 1.25. The average Bonchev–Trinajstić information content (AvgIpc) is 3.02. The molecule has 0 N–H and O–H groups in total. The molecule has 2 fully saturated rings. The summed E-state index contributed by atoms with van der Waals surface area (Å²) in [6.45, 7) is 2.57. The van der Waals surface area contributed by atoms with Crippen LogP contribution in [-0.4, -0.2) is 53.9 Å². The van der Waals surface area contributed by atoms with Crippen molar-refractivity contribution in [3.63, 3.8) is 0 Å². The highest BCUT2D eigenvalue weighted by atomic mass is 32.2. The van der Waals surface area contributed by atoms with Gasteiger partial charge in [0.25, 0.3) is 5.91 Å². The Hall–Kier alpha value is -1.40. The molecule has 118 valence electrons. The average molecular weight is 321 g/mol. The molecule has 0 aromatic heterocycles. The molecule has 0 aliphatic carbocycles. The van der Waals surface area contributed by atoms with Gasteiger partial charge in [0, 0.05) is 31.7 Å². The number of rotatable bonds is 1. The third kappa shape index (κ3) is 2.54. The summed E-state index contributed by atoms with van der Waals surface area (Å²) in [5.74, 6) is 2.44. The Kier molecular flexibility index (Phi) is 3.66. The number of nitrogens with zero attached hydrogens (tertiary/aromatic N) is 1. The summed E-state index contributed by atoms with van der Waals surface area (Å²) in [5, 5.41) is 0. The highest BCUT2D eigenvalue weighted by Gasteiger charge is 2.42. The first-order valence-corrected chi connectivity index (χ1v) is 8.70. The van der Waals surface area contributed by atoms with Crippen molar-refractivity contribution in [3.05, 3.63) is 24.3 Å². The predicted molar refractivity (Wildman–Crippen MR) is 83.3 cm³/mol. The summed E-state index contributed by atoms with van der Waals surface area (Å²) in [7, 11) is 0. The zero-order valence-corrected chi connectivity index (χ0v) is 13.1. The van der Waals surface area contributed by atoms with Crippen LogP contribution in [-0.2, 0) is 9.53 Å². The number of thioether (sulfide) groups is 1. The van der Waals surface area contributed by atoms with Crippen molar-refractivity contribution in [2.45, 2.75) is 23.9 Å². The summed E-state index contributed by atoms with van der Waals surface area (Å²) >= 11 is 1.89. The minimum absolute atomic E-state index is 0.0207. The molecule has 5 nitrogen and oxygen atoms in total. The van der Waals surface area contributed by atoms with E-state index in [4.69, 9.17) is 14.2 Å². The van der Waals surface area contributed by atoms with E-state index in [9.17, 15) is 4.79 Å². The number of likely N-dealkylation sites (tertiary alicyclic amines) is 1. The number of piperidine rings is 1. The minimum Gasteiger partial charge on any atom is -0.485 e. The normalized spacial score (nSPS) is 26.2. The number of carbonyl (C=O) groups is 1. The second-order valence-electron chi connectivity index (χ2n) is 5.80. The molecule has 4 rings (SSSR count). The van der Waals surface area contributed by atoms with E-state index in [1.807, 2.05) is 40.9 Å². The van der Waals surface area contributed by atoms with E-state index in [-0.39, 0.29) is 17.4 Å². The van der Waals surface area contributed by atoms with Crippen LogP contribution in [0.3, 0.4) is 0 Å². The molecule has 3 aliphatic heterocycles. The number of ether oxygens (including phenoxy) is 3. The molecule has 2 saturated heterocycles. The topological polar surface area (TPSA) is 48.0 Å². The number of amides is 1. The third-order valence-electron chi connectivity index (χ3n) is 4.43. The summed E-state index contributed by atoms with van der Waals surface area (Å²) in [6, 6.07) is 7.47. The van der Waals surface area contributed by atoms with Gasteiger partial charge >= 0.3 is 0 Å². The maximum Gasteiger partial charge on any atom is 0.267 e. The van der Waals surface area contributed by atoms with Crippen molar-refractivity contribution >= 4 is 17.7 Å². The summed E-state index contributed by atoms with van der Waals surface area (Å²) in [4.78, 5) is 14.5. The Morgan fingerprint density at radius 2 is 2.00 bits per heavy atom. The molecule has 0 radical (unpaired) electrons. The van der Waals surface area contributed by atoms with Crippen LogP contribution in [0.15, 0.2) is 24.3 Å². The quantitative estimate of drug-likeness (QED) is 0.791. The van der Waals surface area contributed by atoms with Crippen LogP contribution in [0.5, 0.6) is 11.5 Å². The fraction of sp³-hybridized carbons (Fsp3) is 0.562. The molecule has 1 aromatic carbocycles. The van der Waals surface area contributed by atoms with E-state index in [1.54, 1.807) is 0 Å². The van der Waals surface area contributed by atoms with Crippen LogP contribution in [0.25, 0.3) is 0 Å². The largest absolute Gasteiger partial charge is 0.485 e. The number of carbonyl (C=O) groups excluding carboxylic acids is 1. The lowest BCUT2D eigenvalue weighted by atomic mass is 10.1.